The van der Waals surface area contributed by atoms with Crippen LogP contribution in [0.2, 0.25) is 0 Å². The smallest absolute Gasteiger partial charge is 0.321 e. The lowest BCUT2D eigenvalue weighted by Gasteiger charge is -2.18. The third-order valence-corrected chi connectivity index (χ3v) is 3.41. The first-order valence-corrected chi connectivity index (χ1v) is 6.04. The largest absolute Gasteiger partial charge is 0.468 e. The van der Waals surface area contributed by atoms with E-state index in [0.29, 0.717) is 12.8 Å². The van der Waals surface area contributed by atoms with E-state index >= 15 is 0 Å². The van der Waals surface area contributed by atoms with Crippen LogP contribution in [0.25, 0.3) is 0 Å². The van der Waals surface area contributed by atoms with Crippen molar-refractivity contribution in [1.29, 1.82) is 0 Å². The molecular weight excluding hydrogens is 230 g/mol. The number of carbonyl (C=O) groups excluding carboxylic acids is 2. The Hall–Kier alpha value is -1.84. The predicted molar refractivity (Wildman–Crippen MR) is 66.7 cm³/mol. The molecule has 4 nitrogen and oxygen atoms in total. The van der Waals surface area contributed by atoms with Crippen molar-refractivity contribution in [2.45, 2.75) is 25.8 Å². The molecule has 1 aromatic carbocycles. The predicted octanol–water partition coefficient (Wildman–Crippen LogP) is 1.82. The van der Waals surface area contributed by atoms with Gasteiger partial charge in [0.2, 0.25) is 5.91 Å². The second-order valence-electron chi connectivity index (χ2n) is 4.68. The first-order chi connectivity index (χ1) is 8.60. The van der Waals surface area contributed by atoms with Crippen molar-refractivity contribution in [3.05, 3.63) is 35.9 Å². The minimum absolute atomic E-state index is 0.110. The molecule has 0 aromatic heterocycles. The summed E-state index contributed by atoms with van der Waals surface area (Å²) in [6, 6.07) is 9.55. The average Bonchev–Trinajstić information content (AvgIpc) is 3.20. The molecule has 0 heterocycles. The zero-order valence-electron chi connectivity index (χ0n) is 10.6. The summed E-state index contributed by atoms with van der Waals surface area (Å²) in [6.07, 6.45) is 1.15. The molecule has 1 aliphatic rings. The molecule has 1 saturated carbocycles. The molecule has 1 N–H and O–H groups in total. The van der Waals surface area contributed by atoms with Crippen LogP contribution in [0.15, 0.2) is 30.3 Å². The number of esters is 1. The van der Waals surface area contributed by atoms with Gasteiger partial charge in [-0.15, -0.1) is 0 Å². The second-order valence-corrected chi connectivity index (χ2v) is 4.68. The summed E-state index contributed by atoms with van der Waals surface area (Å²) < 4.78 is 4.69. The molecule has 0 aliphatic heterocycles. The minimum Gasteiger partial charge on any atom is -0.468 e. The molecule has 0 spiro atoms. The number of carbonyl (C=O) groups is 2. The summed E-state index contributed by atoms with van der Waals surface area (Å²) in [4.78, 5) is 23.7. The highest BCUT2D eigenvalue weighted by atomic mass is 16.5. The molecule has 1 atom stereocenters. The minimum atomic E-state index is -0.933. The van der Waals surface area contributed by atoms with Gasteiger partial charge in [-0.2, -0.15) is 0 Å². The van der Waals surface area contributed by atoms with Gasteiger partial charge in [0.25, 0.3) is 0 Å². The van der Waals surface area contributed by atoms with Crippen LogP contribution in [0.3, 0.4) is 0 Å². The van der Waals surface area contributed by atoms with E-state index in [1.807, 2.05) is 37.3 Å². The standard InChI is InChI=1S/C14H17NO3/c1-10(11-6-4-3-5-7-11)15-12(16)14(8-9-14)13(17)18-2/h3-7,10H,8-9H2,1-2H3,(H,15,16). The SMILES string of the molecule is COC(=O)C1(C(=O)NC(C)c2ccccc2)CC1. The van der Waals surface area contributed by atoms with E-state index in [1.54, 1.807) is 0 Å². The highest BCUT2D eigenvalue weighted by Gasteiger charge is 2.57. The van der Waals surface area contributed by atoms with Crippen molar-refractivity contribution in [3.63, 3.8) is 0 Å². The van der Waals surface area contributed by atoms with Crippen LogP contribution in [-0.2, 0) is 14.3 Å². The lowest BCUT2D eigenvalue weighted by atomic mass is 10.0. The first-order valence-electron chi connectivity index (χ1n) is 6.04. The van der Waals surface area contributed by atoms with Crippen LogP contribution >= 0.6 is 0 Å². The summed E-state index contributed by atoms with van der Waals surface area (Å²) in [5, 5.41) is 2.87. The van der Waals surface area contributed by atoms with E-state index in [4.69, 9.17) is 0 Å². The number of nitrogens with one attached hydrogen (secondary N) is 1. The van der Waals surface area contributed by atoms with Crippen LogP contribution < -0.4 is 5.32 Å². The zero-order chi connectivity index (χ0) is 13.2. The van der Waals surface area contributed by atoms with Crippen molar-refractivity contribution in [2.75, 3.05) is 7.11 Å². The van der Waals surface area contributed by atoms with E-state index in [0.717, 1.165) is 5.56 Å². The lowest BCUT2D eigenvalue weighted by Crippen LogP contribution is -2.38. The topological polar surface area (TPSA) is 55.4 Å². The van der Waals surface area contributed by atoms with E-state index in [2.05, 4.69) is 10.1 Å². The second kappa shape index (κ2) is 4.80. The zero-order valence-corrected chi connectivity index (χ0v) is 10.6. The molecule has 0 bridgehead atoms. The van der Waals surface area contributed by atoms with E-state index in [1.165, 1.54) is 7.11 Å². The molecule has 18 heavy (non-hydrogen) atoms. The van der Waals surface area contributed by atoms with Gasteiger partial charge >= 0.3 is 5.97 Å². The van der Waals surface area contributed by atoms with Crippen LogP contribution in [0.1, 0.15) is 31.4 Å². The van der Waals surface area contributed by atoms with Crippen LogP contribution in [0.5, 0.6) is 0 Å². The maximum atomic E-state index is 12.1. The summed E-state index contributed by atoms with van der Waals surface area (Å²) in [5.41, 5.74) is 0.0872. The summed E-state index contributed by atoms with van der Waals surface area (Å²) in [6.45, 7) is 1.90. The van der Waals surface area contributed by atoms with Crippen LogP contribution in [-0.4, -0.2) is 19.0 Å². The molecule has 1 fully saturated rings. The number of hydrogen-bond donors (Lipinski definition) is 1. The number of benzene rings is 1. The average molecular weight is 247 g/mol. The van der Waals surface area contributed by atoms with Gasteiger partial charge < -0.3 is 10.1 Å². The Morgan fingerprint density at radius 2 is 1.89 bits per heavy atom. The Morgan fingerprint density at radius 3 is 2.39 bits per heavy atom. The fourth-order valence-electron chi connectivity index (χ4n) is 2.00. The van der Waals surface area contributed by atoms with Gasteiger partial charge in [-0.05, 0) is 25.3 Å². The van der Waals surface area contributed by atoms with Crippen LogP contribution in [0.4, 0.5) is 0 Å². The third kappa shape index (κ3) is 2.23. The maximum absolute atomic E-state index is 12.1. The summed E-state index contributed by atoms with van der Waals surface area (Å²) in [7, 11) is 1.32. The monoisotopic (exact) mass is 247 g/mol. The quantitative estimate of drug-likeness (QED) is 0.652. The van der Waals surface area contributed by atoms with Gasteiger partial charge in [0.05, 0.1) is 13.2 Å². The Labute approximate surface area is 106 Å². The molecule has 1 amide bonds. The van der Waals surface area contributed by atoms with Gasteiger partial charge in [0, 0.05) is 0 Å². The summed E-state index contributed by atoms with van der Waals surface area (Å²) in [5.74, 6) is -0.661. The number of methoxy groups -OCH3 is 1. The normalized spacial score (nSPS) is 17.7. The highest BCUT2D eigenvalue weighted by molar-refractivity contribution is 6.05. The Bertz CT molecular complexity index is 451. The number of rotatable bonds is 4. The number of ether oxygens (including phenoxy) is 1. The van der Waals surface area contributed by atoms with Gasteiger partial charge in [-0.1, -0.05) is 30.3 Å². The molecule has 4 heteroatoms. The first kappa shape index (κ1) is 12.6. The molecule has 1 aliphatic carbocycles. The van der Waals surface area contributed by atoms with Crippen molar-refractivity contribution in [2.24, 2.45) is 5.41 Å². The molecule has 0 radical (unpaired) electrons. The van der Waals surface area contributed by atoms with Crippen LogP contribution in [0, 0.1) is 5.41 Å². The van der Waals surface area contributed by atoms with Crippen molar-refractivity contribution in [3.8, 4) is 0 Å². The summed E-state index contributed by atoms with van der Waals surface area (Å²) >= 11 is 0. The fourth-order valence-corrected chi connectivity index (χ4v) is 2.00. The molecule has 0 saturated heterocycles. The Balaban J connectivity index is 2.02. The van der Waals surface area contributed by atoms with Crippen molar-refractivity contribution < 1.29 is 14.3 Å². The van der Waals surface area contributed by atoms with Gasteiger partial charge in [-0.3, -0.25) is 9.59 Å². The molecule has 96 valence electrons. The van der Waals surface area contributed by atoms with Gasteiger partial charge in [0.15, 0.2) is 0 Å². The molecular formula is C14H17NO3. The molecule has 1 unspecified atom stereocenters. The van der Waals surface area contributed by atoms with Gasteiger partial charge in [0.1, 0.15) is 5.41 Å². The van der Waals surface area contributed by atoms with E-state index in [-0.39, 0.29) is 11.9 Å². The molecule has 1 aromatic rings. The van der Waals surface area contributed by atoms with Crippen molar-refractivity contribution in [1.82, 2.24) is 5.32 Å². The fraction of sp³-hybridized carbons (Fsp3) is 0.429. The third-order valence-electron chi connectivity index (χ3n) is 3.41. The Morgan fingerprint density at radius 1 is 1.28 bits per heavy atom. The highest BCUT2D eigenvalue weighted by Crippen LogP contribution is 2.47. The van der Waals surface area contributed by atoms with E-state index < -0.39 is 11.4 Å². The number of hydrogen-bond acceptors (Lipinski definition) is 3. The Kier molecular flexibility index (Phi) is 3.36. The van der Waals surface area contributed by atoms with E-state index in [9.17, 15) is 9.59 Å². The number of amides is 1. The van der Waals surface area contributed by atoms with Gasteiger partial charge in [-0.25, -0.2) is 0 Å². The molecule has 2 rings (SSSR count). The van der Waals surface area contributed by atoms with Crippen molar-refractivity contribution >= 4 is 11.9 Å². The maximum Gasteiger partial charge on any atom is 0.321 e. The lowest BCUT2D eigenvalue weighted by molar-refractivity contribution is -0.152.